The zero-order chi connectivity index (χ0) is 15.4. The predicted molar refractivity (Wildman–Crippen MR) is 71.8 cm³/mol. The summed E-state index contributed by atoms with van der Waals surface area (Å²) in [6, 6.07) is 6.06. The van der Waals surface area contributed by atoms with Crippen LogP contribution in [0.15, 0.2) is 36.5 Å². The van der Waals surface area contributed by atoms with Crippen molar-refractivity contribution in [1.82, 2.24) is 4.98 Å². The molecular formula is C13H10FN3O4. The van der Waals surface area contributed by atoms with Crippen LogP contribution < -0.4 is 10.1 Å². The minimum absolute atomic E-state index is 0.0518. The number of anilines is 1. The Morgan fingerprint density at radius 3 is 2.81 bits per heavy atom. The van der Waals surface area contributed by atoms with Gasteiger partial charge in [-0.1, -0.05) is 0 Å². The monoisotopic (exact) mass is 291 g/mol. The highest BCUT2D eigenvalue weighted by Gasteiger charge is 2.17. The number of nitro benzene ring substituents is 1. The molecule has 21 heavy (non-hydrogen) atoms. The van der Waals surface area contributed by atoms with Crippen LogP contribution in [0, 0.1) is 15.9 Å². The number of rotatable bonds is 4. The number of carbonyl (C=O) groups excluding carboxylic acids is 1. The number of pyridine rings is 1. The summed E-state index contributed by atoms with van der Waals surface area (Å²) in [5.41, 5.74) is -0.432. The zero-order valence-corrected chi connectivity index (χ0v) is 10.9. The molecule has 1 heterocycles. The summed E-state index contributed by atoms with van der Waals surface area (Å²) in [5, 5.41) is 13.0. The minimum Gasteiger partial charge on any atom is -0.480 e. The second kappa shape index (κ2) is 5.95. The Morgan fingerprint density at radius 1 is 1.43 bits per heavy atom. The van der Waals surface area contributed by atoms with Gasteiger partial charge in [0, 0.05) is 17.8 Å². The standard InChI is InChI=1S/C13H10FN3O4/c1-21-13-10(3-2-6-15-13)16-12(18)8-4-5-11(17(19)20)9(14)7-8/h2-7H,1H3,(H,16,18). The number of hydrogen-bond acceptors (Lipinski definition) is 5. The molecule has 0 atom stereocenters. The van der Waals surface area contributed by atoms with Crippen LogP contribution in [-0.2, 0) is 0 Å². The molecule has 0 saturated carbocycles. The van der Waals surface area contributed by atoms with Crippen molar-refractivity contribution < 1.29 is 18.8 Å². The number of halogens is 1. The second-order valence-electron chi connectivity index (χ2n) is 3.94. The van der Waals surface area contributed by atoms with Gasteiger partial charge >= 0.3 is 5.69 Å². The molecule has 2 aromatic rings. The van der Waals surface area contributed by atoms with E-state index in [2.05, 4.69) is 10.3 Å². The van der Waals surface area contributed by atoms with E-state index in [1.165, 1.54) is 19.4 Å². The molecule has 7 nitrogen and oxygen atoms in total. The average molecular weight is 291 g/mol. The molecule has 0 saturated heterocycles. The lowest BCUT2D eigenvalue weighted by Gasteiger charge is -2.08. The van der Waals surface area contributed by atoms with Crippen molar-refractivity contribution in [3.05, 3.63) is 58.0 Å². The van der Waals surface area contributed by atoms with Gasteiger partial charge in [0.1, 0.15) is 5.69 Å². The first-order chi connectivity index (χ1) is 10.0. The number of nitrogens with one attached hydrogen (secondary N) is 1. The number of nitrogens with zero attached hydrogens (tertiary/aromatic N) is 2. The van der Waals surface area contributed by atoms with Gasteiger partial charge in [0.2, 0.25) is 11.7 Å². The maximum absolute atomic E-state index is 13.5. The molecule has 1 amide bonds. The average Bonchev–Trinajstić information content (AvgIpc) is 2.47. The van der Waals surface area contributed by atoms with E-state index in [4.69, 9.17) is 4.74 Å². The highest BCUT2D eigenvalue weighted by atomic mass is 19.1. The molecule has 1 aromatic heterocycles. The lowest BCUT2D eigenvalue weighted by atomic mass is 10.2. The molecule has 8 heteroatoms. The number of ether oxygens (including phenoxy) is 1. The number of amides is 1. The largest absolute Gasteiger partial charge is 0.480 e. The maximum Gasteiger partial charge on any atom is 0.304 e. The van der Waals surface area contributed by atoms with Gasteiger partial charge in [-0.15, -0.1) is 0 Å². The fourth-order valence-corrected chi connectivity index (χ4v) is 1.64. The van der Waals surface area contributed by atoms with Crippen molar-refractivity contribution in [3.63, 3.8) is 0 Å². The van der Waals surface area contributed by atoms with Gasteiger partial charge in [-0.05, 0) is 24.3 Å². The molecule has 0 bridgehead atoms. The van der Waals surface area contributed by atoms with E-state index in [0.717, 1.165) is 12.1 Å². The van der Waals surface area contributed by atoms with Gasteiger partial charge in [-0.25, -0.2) is 4.98 Å². The molecule has 0 fully saturated rings. The fraction of sp³-hybridized carbons (Fsp3) is 0.0769. The van der Waals surface area contributed by atoms with Crippen molar-refractivity contribution in [2.75, 3.05) is 12.4 Å². The first kappa shape index (κ1) is 14.4. The molecule has 108 valence electrons. The molecule has 0 aliphatic rings. The van der Waals surface area contributed by atoms with Gasteiger partial charge in [0.05, 0.1) is 12.0 Å². The van der Waals surface area contributed by atoms with Crippen LogP contribution in [-0.4, -0.2) is 22.9 Å². The van der Waals surface area contributed by atoms with E-state index in [9.17, 15) is 19.3 Å². The van der Waals surface area contributed by atoms with Crippen LogP contribution in [0.5, 0.6) is 5.88 Å². The Kier molecular flexibility index (Phi) is 4.07. The Hall–Kier alpha value is -3.03. The van der Waals surface area contributed by atoms with Crippen molar-refractivity contribution >= 4 is 17.3 Å². The summed E-state index contributed by atoms with van der Waals surface area (Å²) in [6.45, 7) is 0. The summed E-state index contributed by atoms with van der Waals surface area (Å²) in [4.78, 5) is 25.5. The highest BCUT2D eigenvalue weighted by molar-refractivity contribution is 6.05. The van der Waals surface area contributed by atoms with Gasteiger partial charge < -0.3 is 10.1 Å². The summed E-state index contributed by atoms with van der Waals surface area (Å²) in [6.07, 6.45) is 1.49. The number of carbonyl (C=O) groups is 1. The molecule has 0 radical (unpaired) electrons. The number of hydrogen-bond donors (Lipinski definition) is 1. The van der Waals surface area contributed by atoms with Crippen LogP contribution in [0.1, 0.15) is 10.4 Å². The molecule has 0 spiro atoms. The first-order valence-electron chi connectivity index (χ1n) is 5.77. The third-order valence-corrected chi connectivity index (χ3v) is 2.62. The Morgan fingerprint density at radius 2 is 2.19 bits per heavy atom. The van der Waals surface area contributed by atoms with Gasteiger partial charge in [0.25, 0.3) is 5.91 Å². The number of aromatic nitrogens is 1. The molecule has 1 N–H and O–H groups in total. The number of benzene rings is 1. The predicted octanol–water partition coefficient (Wildman–Crippen LogP) is 2.39. The number of methoxy groups -OCH3 is 1. The van der Waals surface area contributed by atoms with E-state index < -0.39 is 22.3 Å². The highest BCUT2D eigenvalue weighted by Crippen LogP contribution is 2.22. The van der Waals surface area contributed by atoms with E-state index in [0.29, 0.717) is 5.69 Å². The van der Waals surface area contributed by atoms with E-state index in [1.54, 1.807) is 12.1 Å². The minimum atomic E-state index is -1.08. The first-order valence-corrected chi connectivity index (χ1v) is 5.77. The van der Waals surface area contributed by atoms with Gasteiger partial charge in [-0.2, -0.15) is 4.39 Å². The molecule has 0 aliphatic carbocycles. The lowest BCUT2D eigenvalue weighted by Crippen LogP contribution is -2.13. The Bertz CT molecular complexity index is 706. The molecule has 0 unspecified atom stereocenters. The lowest BCUT2D eigenvalue weighted by molar-refractivity contribution is -0.387. The van der Waals surface area contributed by atoms with E-state index >= 15 is 0 Å². The van der Waals surface area contributed by atoms with Crippen molar-refractivity contribution in [2.24, 2.45) is 0 Å². The smallest absolute Gasteiger partial charge is 0.304 e. The van der Waals surface area contributed by atoms with Gasteiger partial charge in [0.15, 0.2) is 0 Å². The van der Waals surface area contributed by atoms with Crippen molar-refractivity contribution in [1.29, 1.82) is 0 Å². The third kappa shape index (κ3) is 3.11. The van der Waals surface area contributed by atoms with Crippen LogP contribution >= 0.6 is 0 Å². The maximum atomic E-state index is 13.5. The zero-order valence-electron chi connectivity index (χ0n) is 10.9. The molecule has 0 aliphatic heterocycles. The topological polar surface area (TPSA) is 94.4 Å². The Balaban J connectivity index is 2.25. The second-order valence-corrected chi connectivity index (χ2v) is 3.94. The van der Waals surface area contributed by atoms with Crippen molar-refractivity contribution in [3.8, 4) is 5.88 Å². The van der Waals surface area contributed by atoms with Crippen molar-refractivity contribution in [2.45, 2.75) is 0 Å². The van der Waals surface area contributed by atoms with Crippen LogP contribution in [0.2, 0.25) is 0 Å². The quantitative estimate of drug-likeness (QED) is 0.689. The van der Waals surface area contributed by atoms with E-state index in [1.807, 2.05) is 0 Å². The van der Waals surface area contributed by atoms with Crippen LogP contribution in [0.3, 0.4) is 0 Å². The van der Waals surface area contributed by atoms with Crippen LogP contribution in [0.4, 0.5) is 15.8 Å². The van der Waals surface area contributed by atoms with Crippen LogP contribution in [0.25, 0.3) is 0 Å². The Labute approximate surface area is 118 Å². The summed E-state index contributed by atoms with van der Waals surface area (Å²) >= 11 is 0. The summed E-state index contributed by atoms with van der Waals surface area (Å²) in [7, 11) is 1.39. The SMILES string of the molecule is COc1ncccc1NC(=O)c1ccc([N+](=O)[O-])c(F)c1. The summed E-state index contributed by atoms with van der Waals surface area (Å²) < 4.78 is 18.5. The van der Waals surface area contributed by atoms with Gasteiger partial charge in [-0.3, -0.25) is 14.9 Å². The third-order valence-electron chi connectivity index (χ3n) is 2.62. The fourth-order valence-electron chi connectivity index (χ4n) is 1.64. The summed E-state index contributed by atoms with van der Waals surface area (Å²) in [5.74, 6) is -1.51. The molecule has 1 aromatic carbocycles. The number of nitro groups is 1. The van der Waals surface area contributed by atoms with E-state index in [-0.39, 0.29) is 11.4 Å². The molecular weight excluding hydrogens is 281 g/mol. The molecule has 2 rings (SSSR count). The normalized spacial score (nSPS) is 10.0.